The Morgan fingerprint density at radius 2 is 2.00 bits per heavy atom. The van der Waals surface area contributed by atoms with Crippen LogP contribution in [0.15, 0.2) is 30.5 Å². The average Bonchev–Trinajstić information content (AvgIpc) is 3.13. The van der Waals surface area contributed by atoms with Gasteiger partial charge in [0.1, 0.15) is 6.10 Å². The van der Waals surface area contributed by atoms with Crippen molar-refractivity contribution >= 4 is 11.6 Å². The number of carbonyl (C=O) groups is 1. The molecule has 37 heavy (non-hydrogen) atoms. The van der Waals surface area contributed by atoms with Gasteiger partial charge in [-0.1, -0.05) is 13.0 Å². The molecule has 1 amide bonds. The van der Waals surface area contributed by atoms with E-state index in [1.807, 2.05) is 11.9 Å². The molecule has 5 atom stereocenters. The van der Waals surface area contributed by atoms with Crippen molar-refractivity contribution in [2.45, 2.75) is 43.7 Å². The van der Waals surface area contributed by atoms with Crippen LogP contribution in [0.4, 0.5) is 27.6 Å². The number of ether oxygens (including phenoxy) is 3. The number of morpholine rings is 1. The number of pyridine rings is 1. The molecule has 1 aromatic heterocycles. The van der Waals surface area contributed by atoms with Crippen molar-refractivity contribution in [3.8, 4) is 5.75 Å². The van der Waals surface area contributed by atoms with E-state index in [-0.39, 0.29) is 11.6 Å². The maximum atomic E-state index is 14.5. The molecule has 0 saturated carbocycles. The Morgan fingerprint density at radius 1 is 1.27 bits per heavy atom. The molecule has 2 fully saturated rings. The third kappa shape index (κ3) is 4.89. The maximum Gasteiger partial charge on any atom is 0.417 e. The second kappa shape index (κ2) is 10.1. The number of anilines is 1. The van der Waals surface area contributed by atoms with E-state index in [0.29, 0.717) is 31.1 Å². The van der Waals surface area contributed by atoms with E-state index in [1.54, 1.807) is 6.07 Å². The summed E-state index contributed by atoms with van der Waals surface area (Å²) in [5.74, 6) is -6.67. The lowest BCUT2D eigenvalue weighted by molar-refractivity contribution is -0.272. The van der Waals surface area contributed by atoms with E-state index in [1.165, 1.54) is 19.2 Å². The SMILES string of the molecule is COc1c([C@H]2[C@H](C(=O)Nc3ccnc([C@@H]4COCCN4C)c3)O[C@@](C)(C(F)(F)F)[C@H]2C)ccc(F)c1F. The molecule has 0 radical (unpaired) electrons. The molecule has 1 N–H and O–H groups in total. The van der Waals surface area contributed by atoms with Crippen LogP contribution in [-0.4, -0.2) is 67.6 Å². The fourth-order valence-electron chi connectivity index (χ4n) is 4.96. The lowest BCUT2D eigenvalue weighted by Gasteiger charge is -2.32. The number of carbonyl (C=O) groups excluding carboxylic acids is 1. The summed E-state index contributed by atoms with van der Waals surface area (Å²) in [6.07, 6.45) is -5.06. The van der Waals surface area contributed by atoms with Crippen LogP contribution in [0.3, 0.4) is 0 Å². The van der Waals surface area contributed by atoms with Crippen molar-refractivity contribution in [3.05, 3.63) is 53.4 Å². The molecule has 2 aliphatic rings. The first kappa shape index (κ1) is 27.2. The third-order valence-electron chi connectivity index (χ3n) is 7.36. The highest BCUT2D eigenvalue weighted by Crippen LogP contribution is 2.55. The zero-order valence-electron chi connectivity index (χ0n) is 20.7. The minimum absolute atomic E-state index is 0.0987. The minimum Gasteiger partial charge on any atom is -0.493 e. The van der Waals surface area contributed by atoms with Crippen LogP contribution in [0, 0.1) is 17.6 Å². The van der Waals surface area contributed by atoms with Gasteiger partial charge < -0.3 is 19.5 Å². The molecular formula is C25H28F5N3O4. The number of hydrogen-bond donors (Lipinski definition) is 1. The zero-order valence-corrected chi connectivity index (χ0v) is 20.7. The molecule has 2 aliphatic heterocycles. The van der Waals surface area contributed by atoms with Gasteiger partial charge in [-0.15, -0.1) is 0 Å². The Balaban J connectivity index is 1.69. The molecule has 7 nitrogen and oxygen atoms in total. The van der Waals surface area contributed by atoms with Gasteiger partial charge in [0, 0.05) is 35.8 Å². The van der Waals surface area contributed by atoms with Gasteiger partial charge in [0.25, 0.3) is 5.91 Å². The highest BCUT2D eigenvalue weighted by molar-refractivity contribution is 5.95. The number of likely N-dealkylation sites (N-methyl/N-ethyl adjacent to an activating group) is 1. The predicted octanol–water partition coefficient (Wildman–Crippen LogP) is 4.45. The molecule has 1 aromatic carbocycles. The fraction of sp³-hybridized carbons (Fsp3) is 0.520. The molecule has 2 aromatic rings. The second-order valence-corrected chi connectivity index (χ2v) is 9.47. The monoisotopic (exact) mass is 529 g/mol. The topological polar surface area (TPSA) is 72.9 Å². The number of rotatable bonds is 5. The summed E-state index contributed by atoms with van der Waals surface area (Å²) in [6, 6.07) is 4.85. The van der Waals surface area contributed by atoms with Crippen molar-refractivity contribution in [3.63, 3.8) is 0 Å². The van der Waals surface area contributed by atoms with Gasteiger partial charge in [0.2, 0.25) is 5.82 Å². The van der Waals surface area contributed by atoms with Gasteiger partial charge in [-0.3, -0.25) is 14.7 Å². The van der Waals surface area contributed by atoms with Crippen LogP contribution < -0.4 is 10.1 Å². The molecule has 12 heteroatoms. The summed E-state index contributed by atoms with van der Waals surface area (Å²) in [5.41, 5.74) is -1.93. The summed E-state index contributed by atoms with van der Waals surface area (Å²) >= 11 is 0. The van der Waals surface area contributed by atoms with Gasteiger partial charge >= 0.3 is 6.18 Å². The van der Waals surface area contributed by atoms with Gasteiger partial charge in [0.15, 0.2) is 17.2 Å². The van der Waals surface area contributed by atoms with Gasteiger partial charge in [-0.25, -0.2) is 4.39 Å². The number of nitrogens with zero attached hydrogens (tertiary/aromatic N) is 2. The first-order chi connectivity index (χ1) is 17.4. The zero-order chi connectivity index (χ0) is 27.1. The van der Waals surface area contributed by atoms with Gasteiger partial charge in [-0.2, -0.15) is 17.6 Å². The van der Waals surface area contributed by atoms with Crippen molar-refractivity contribution in [2.75, 3.05) is 39.2 Å². The molecule has 202 valence electrons. The molecule has 0 bridgehead atoms. The van der Waals surface area contributed by atoms with Crippen LogP contribution in [0.5, 0.6) is 5.75 Å². The normalized spacial score (nSPS) is 28.8. The third-order valence-corrected chi connectivity index (χ3v) is 7.36. The molecular weight excluding hydrogens is 501 g/mol. The van der Waals surface area contributed by atoms with Crippen molar-refractivity contribution in [1.29, 1.82) is 0 Å². The van der Waals surface area contributed by atoms with Crippen molar-refractivity contribution in [2.24, 2.45) is 5.92 Å². The standard InChI is InChI=1S/C25H28F5N3O4/c1-13-19(15-5-6-16(26)20(27)21(15)35-4)22(37-24(13,2)25(28,29)30)23(34)32-14-7-8-31-17(11-14)18-12-36-10-9-33(18)3/h5-8,11,13,18-19,22H,9-10,12H2,1-4H3,(H,31,32,34)/t13-,18-,19-,22+,24+/m0/s1. The quantitative estimate of drug-likeness (QED) is 0.578. The van der Waals surface area contributed by atoms with E-state index in [9.17, 15) is 26.7 Å². The predicted molar refractivity (Wildman–Crippen MR) is 123 cm³/mol. The van der Waals surface area contributed by atoms with E-state index < -0.39 is 53.0 Å². The molecule has 0 spiro atoms. The van der Waals surface area contributed by atoms with Crippen molar-refractivity contribution < 1.29 is 41.0 Å². The number of methoxy groups -OCH3 is 1. The molecule has 3 heterocycles. The molecule has 2 saturated heterocycles. The lowest BCUT2D eigenvalue weighted by atomic mass is 9.77. The smallest absolute Gasteiger partial charge is 0.417 e. The van der Waals surface area contributed by atoms with Gasteiger partial charge in [-0.05, 0) is 32.2 Å². The van der Waals surface area contributed by atoms with Crippen LogP contribution in [-0.2, 0) is 14.3 Å². The fourth-order valence-corrected chi connectivity index (χ4v) is 4.96. The summed E-state index contributed by atoms with van der Waals surface area (Å²) in [4.78, 5) is 19.8. The van der Waals surface area contributed by atoms with Crippen LogP contribution in [0.1, 0.15) is 37.1 Å². The lowest BCUT2D eigenvalue weighted by Crippen LogP contribution is -2.47. The number of halogens is 5. The van der Waals surface area contributed by atoms with Crippen LogP contribution in [0.25, 0.3) is 0 Å². The number of alkyl halides is 3. The first-order valence-corrected chi connectivity index (χ1v) is 11.7. The summed E-state index contributed by atoms with van der Waals surface area (Å²) in [7, 11) is 2.98. The number of amides is 1. The van der Waals surface area contributed by atoms with Crippen LogP contribution in [0.2, 0.25) is 0 Å². The molecule has 4 rings (SSSR count). The van der Waals surface area contributed by atoms with Crippen molar-refractivity contribution in [1.82, 2.24) is 9.88 Å². The second-order valence-electron chi connectivity index (χ2n) is 9.47. The Morgan fingerprint density at radius 3 is 2.65 bits per heavy atom. The number of hydrogen-bond acceptors (Lipinski definition) is 6. The summed E-state index contributed by atoms with van der Waals surface area (Å²) in [5, 5.41) is 2.61. The summed E-state index contributed by atoms with van der Waals surface area (Å²) in [6.45, 7) is 3.76. The molecule has 0 aliphatic carbocycles. The average molecular weight is 530 g/mol. The van der Waals surface area contributed by atoms with E-state index in [0.717, 1.165) is 26.2 Å². The number of aromatic nitrogens is 1. The first-order valence-electron chi connectivity index (χ1n) is 11.7. The van der Waals surface area contributed by atoms with E-state index in [4.69, 9.17) is 14.2 Å². The largest absolute Gasteiger partial charge is 0.493 e. The van der Waals surface area contributed by atoms with Crippen LogP contribution >= 0.6 is 0 Å². The highest BCUT2D eigenvalue weighted by Gasteiger charge is 2.65. The van der Waals surface area contributed by atoms with Gasteiger partial charge in [0.05, 0.1) is 32.1 Å². The molecule has 0 unspecified atom stereocenters. The minimum atomic E-state index is -4.85. The highest BCUT2D eigenvalue weighted by atomic mass is 19.4. The Bertz CT molecular complexity index is 1160. The van der Waals surface area contributed by atoms with E-state index >= 15 is 0 Å². The Labute approximate surface area is 210 Å². The Kier molecular flexibility index (Phi) is 7.46. The number of nitrogens with one attached hydrogen (secondary N) is 1. The summed E-state index contributed by atoms with van der Waals surface area (Å²) < 4.78 is 86.7. The Hall–Kier alpha value is -2.83. The number of benzene rings is 1. The maximum absolute atomic E-state index is 14.5. The van der Waals surface area contributed by atoms with E-state index in [2.05, 4.69) is 10.3 Å².